The molecule has 3 aromatic rings. The smallest absolute Gasteiger partial charge is 0.326 e. The number of carbonyl (C=O) groups is 2. The predicted molar refractivity (Wildman–Crippen MR) is 98.8 cm³/mol. The average Bonchev–Trinajstić information content (AvgIpc) is 2.96. The Labute approximate surface area is 158 Å². The van der Waals surface area contributed by atoms with Crippen molar-refractivity contribution in [2.75, 3.05) is 10.6 Å². The summed E-state index contributed by atoms with van der Waals surface area (Å²) in [6, 6.07) is 11.0. The van der Waals surface area contributed by atoms with E-state index in [2.05, 4.69) is 15.6 Å². The summed E-state index contributed by atoms with van der Waals surface area (Å²) >= 11 is 0. The maximum Gasteiger partial charge on any atom is 0.449 e. The van der Waals surface area contributed by atoms with Gasteiger partial charge in [-0.25, -0.2) is 4.98 Å². The van der Waals surface area contributed by atoms with E-state index in [0.717, 1.165) is 4.57 Å². The summed E-state index contributed by atoms with van der Waals surface area (Å²) in [5, 5.41) is 5.19. The summed E-state index contributed by atoms with van der Waals surface area (Å²) in [7, 11) is 0. The fraction of sp³-hybridized carbons (Fsp3) is 0.211. The number of nitrogens with one attached hydrogen (secondary N) is 2. The van der Waals surface area contributed by atoms with Crippen molar-refractivity contribution >= 4 is 34.2 Å². The monoisotopic (exact) mass is 390 g/mol. The molecule has 0 bridgehead atoms. The maximum atomic E-state index is 13.3. The quantitative estimate of drug-likeness (QED) is 0.708. The van der Waals surface area contributed by atoms with Crippen LogP contribution in [0.3, 0.4) is 0 Å². The van der Waals surface area contributed by atoms with Gasteiger partial charge in [-0.3, -0.25) is 9.59 Å². The van der Waals surface area contributed by atoms with Gasteiger partial charge in [0.1, 0.15) is 6.54 Å². The Bertz CT molecular complexity index is 1060. The molecule has 1 heterocycles. The van der Waals surface area contributed by atoms with Crippen LogP contribution in [-0.2, 0) is 22.3 Å². The summed E-state index contributed by atoms with van der Waals surface area (Å²) in [6.07, 6.45) is -4.69. The maximum absolute atomic E-state index is 13.3. The van der Waals surface area contributed by atoms with Crippen LogP contribution in [0.25, 0.3) is 11.0 Å². The fourth-order valence-corrected chi connectivity index (χ4v) is 2.82. The van der Waals surface area contributed by atoms with Crippen molar-refractivity contribution in [3.05, 3.63) is 53.9 Å². The zero-order valence-electron chi connectivity index (χ0n) is 15.1. The molecular formula is C19H17F3N4O2. The first kappa shape index (κ1) is 19.4. The zero-order valence-corrected chi connectivity index (χ0v) is 15.1. The van der Waals surface area contributed by atoms with Gasteiger partial charge in [0.25, 0.3) is 0 Å². The lowest BCUT2D eigenvalue weighted by molar-refractivity contribution is -0.147. The van der Waals surface area contributed by atoms with Crippen molar-refractivity contribution in [3.63, 3.8) is 0 Å². The van der Waals surface area contributed by atoms with Gasteiger partial charge in [0.05, 0.1) is 11.0 Å². The highest BCUT2D eigenvalue weighted by atomic mass is 19.4. The number of halogens is 3. The van der Waals surface area contributed by atoms with Crippen LogP contribution < -0.4 is 10.6 Å². The van der Waals surface area contributed by atoms with Crippen molar-refractivity contribution in [1.29, 1.82) is 0 Å². The predicted octanol–water partition coefficient (Wildman–Crippen LogP) is 3.96. The first-order valence-electron chi connectivity index (χ1n) is 8.35. The lowest BCUT2D eigenvalue weighted by Crippen LogP contribution is -2.23. The number of nitrogens with zero attached hydrogens (tertiary/aromatic N) is 2. The standard InChI is InChI=1S/C19H17F3N4O2/c1-11-7-8-13(23-12(2)27)9-15(11)24-17(28)10-26-16-6-4-3-5-14(16)25-18(26)19(20,21)22/h3-9H,10H2,1-2H3,(H,23,27)(H,24,28). The highest BCUT2D eigenvalue weighted by Gasteiger charge is 2.38. The van der Waals surface area contributed by atoms with Crippen LogP contribution in [-0.4, -0.2) is 21.4 Å². The van der Waals surface area contributed by atoms with E-state index >= 15 is 0 Å². The molecule has 0 spiro atoms. The Balaban J connectivity index is 1.89. The molecule has 1 aromatic heterocycles. The Morgan fingerprint density at radius 2 is 1.82 bits per heavy atom. The lowest BCUT2D eigenvalue weighted by Gasteiger charge is -2.14. The number of hydrogen-bond acceptors (Lipinski definition) is 3. The zero-order chi connectivity index (χ0) is 20.5. The molecule has 0 radical (unpaired) electrons. The molecule has 0 saturated carbocycles. The summed E-state index contributed by atoms with van der Waals surface area (Å²) in [4.78, 5) is 27.3. The van der Waals surface area contributed by atoms with Crippen LogP contribution >= 0.6 is 0 Å². The average molecular weight is 390 g/mol. The number of aromatic nitrogens is 2. The number of carbonyl (C=O) groups excluding carboxylic acids is 2. The molecule has 0 aliphatic rings. The number of anilines is 2. The van der Waals surface area contributed by atoms with E-state index in [4.69, 9.17) is 0 Å². The molecule has 2 aromatic carbocycles. The van der Waals surface area contributed by atoms with Crippen LogP contribution in [0.4, 0.5) is 24.5 Å². The van der Waals surface area contributed by atoms with Gasteiger partial charge < -0.3 is 15.2 Å². The third-order valence-electron chi connectivity index (χ3n) is 4.04. The van der Waals surface area contributed by atoms with E-state index in [0.29, 0.717) is 16.9 Å². The van der Waals surface area contributed by atoms with E-state index in [9.17, 15) is 22.8 Å². The molecule has 0 aliphatic heterocycles. The van der Waals surface area contributed by atoms with Crippen LogP contribution in [0.5, 0.6) is 0 Å². The van der Waals surface area contributed by atoms with Crippen molar-refractivity contribution in [1.82, 2.24) is 9.55 Å². The number of imidazole rings is 1. The van der Waals surface area contributed by atoms with Gasteiger partial charge in [0.15, 0.2) is 0 Å². The largest absolute Gasteiger partial charge is 0.449 e. The Hall–Kier alpha value is -3.36. The highest BCUT2D eigenvalue weighted by molar-refractivity contribution is 5.94. The summed E-state index contributed by atoms with van der Waals surface area (Å²) in [5.74, 6) is -2.05. The normalized spacial score (nSPS) is 11.5. The molecule has 0 saturated heterocycles. The third-order valence-corrected chi connectivity index (χ3v) is 4.04. The number of amides is 2. The number of para-hydroxylation sites is 2. The number of benzene rings is 2. The third kappa shape index (κ3) is 4.13. The molecule has 28 heavy (non-hydrogen) atoms. The minimum absolute atomic E-state index is 0.159. The number of rotatable bonds is 4. The molecule has 0 aliphatic carbocycles. The van der Waals surface area contributed by atoms with E-state index in [1.54, 1.807) is 37.3 Å². The lowest BCUT2D eigenvalue weighted by atomic mass is 10.1. The molecule has 6 nitrogen and oxygen atoms in total. The van der Waals surface area contributed by atoms with E-state index in [1.807, 2.05) is 0 Å². The van der Waals surface area contributed by atoms with Crippen molar-refractivity contribution in [3.8, 4) is 0 Å². The summed E-state index contributed by atoms with van der Waals surface area (Å²) < 4.78 is 40.9. The van der Waals surface area contributed by atoms with Crippen molar-refractivity contribution < 1.29 is 22.8 Å². The fourth-order valence-electron chi connectivity index (χ4n) is 2.82. The molecule has 2 amide bonds. The minimum Gasteiger partial charge on any atom is -0.326 e. The van der Waals surface area contributed by atoms with Crippen molar-refractivity contribution in [2.24, 2.45) is 0 Å². The molecule has 2 N–H and O–H groups in total. The molecule has 9 heteroatoms. The first-order chi connectivity index (χ1) is 13.1. The van der Waals surface area contributed by atoms with Gasteiger partial charge in [-0.15, -0.1) is 0 Å². The summed E-state index contributed by atoms with van der Waals surface area (Å²) in [5.41, 5.74) is 1.95. The van der Waals surface area contributed by atoms with Gasteiger partial charge in [-0.2, -0.15) is 13.2 Å². The summed E-state index contributed by atoms with van der Waals surface area (Å²) in [6.45, 7) is 2.53. The highest BCUT2D eigenvalue weighted by Crippen LogP contribution is 2.31. The number of aryl methyl sites for hydroxylation is 1. The second-order valence-corrected chi connectivity index (χ2v) is 6.27. The van der Waals surface area contributed by atoms with Crippen molar-refractivity contribution in [2.45, 2.75) is 26.6 Å². The number of fused-ring (bicyclic) bond motifs is 1. The second-order valence-electron chi connectivity index (χ2n) is 6.27. The van der Waals surface area contributed by atoms with Gasteiger partial charge in [0, 0.05) is 18.3 Å². The molecule has 0 fully saturated rings. The topological polar surface area (TPSA) is 76.0 Å². The van der Waals surface area contributed by atoms with E-state index in [1.165, 1.54) is 19.1 Å². The van der Waals surface area contributed by atoms with Crippen LogP contribution in [0.15, 0.2) is 42.5 Å². The van der Waals surface area contributed by atoms with E-state index in [-0.39, 0.29) is 16.9 Å². The van der Waals surface area contributed by atoms with E-state index < -0.39 is 24.5 Å². The number of alkyl halides is 3. The van der Waals surface area contributed by atoms with Gasteiger partial charge in [-0.05, 0) is 36.8 Å². The molecular weight excluding hydrogens is 373 g/mol. The first-order valence-corrected chi connectivity index (χ1v) is 8.35. The van der Waals surface area contributed by atoms with Crippen LogP contribution in [0.1, 0.15) is 18.3 Å². The minimum atomic E-state index is -4.69. The van der Waals surface area contributed by atoms with Crippen LogP contribution in [0.2, 0.25) is 0 Å². The Kier molecular flexibility index (Phi) is 5.08. The van der Waals surface area contributed by atoms with Gasteiger partial charge >= 0.3 is 6.18 Å². The van der Waals surface area contributed by atoms with Gasteiger partial charge in [0.2, 0.25) is 17.6 Å². The molecule has 146 valence electrons. The Morgan fingerprint density at radius 1 is 1.11 bits per heavy atom. The molecule has 3 rings (SSSR count). The second kappa shape index (κ2) is 7.34. The Morgan fingerprint density at radius 3 is 2.50 bits per heavy atom. The van der Waals surface area contributed by atoms with Crippen LogP contribution in [0, 0.1) is 6.92 Å². The van der Waals surface area contributed by atoms with Gasteiger partial charge in [-0.1, -0.05) is 18.2 Å². The SMILES string of the molecule is CC(=O)Nc1ccc(C)c(NC(=O)Cn2c(C(F)(F)F)nc3ccccc32)c1. The number of hydrogen-bond donors (Lipinski definition) is 2. The molecule has 0 unspecified atom stereocenters. The molecule has 0 atom stereocenters.